The number of rotatable bonds is 2. The van der Waals surface area contributed by atoms with Crippen molar-refractivity contribution in [3.05, 3.63) is 58.8 Å². The summed E-state index contributed by atoms with van der Waals surface area (Å²) < 4.78 is 18.3. The Balaban J connectivity index is 2.42. The standard InChI is InChI=1S/C13H13FO2/c1-8-5-11(6-9(2)12(8)14)13(15)10-3-4-16-7-10/h3-7,13,15H,1-2H3. The Morgan fingerprint density at radius 2 is 1.81 bits per heavy atom. The summed E-state index contributed by atoms with van der Waals surface area (Å²) in [6, 6.07) is 5.00. The lowest BCUT2D eigenvalue weighted by molar-refractivity contribution is 0.219. The minimum Gasteiger partial charge on any atom is -0.472 e. The molecule has 0 radical (unpaired) electrons. The van der Waals surface area contributed by atoms with E-state index < -0.39 is 6.10 Å². The zero-order valence-electron chi connectivity index (χ0n) is 9.20. The van der Waals surface area contributed by atoms with Crippen LogP contribution in [0.4, 0.5) is 4.39 Å². The number of furan rings is 1. The molecule has 1 N–H and O–H groups in total. The van der Waals surface area contributed by atoms with E-state index in [1.807, 2.05) is 0 Å². The van der Waals surface area contributed by atoms with Crippen LogP contribution < -0.4 is 0 Å². The van der Waals surface area contributed by atoms with Crippen molar-refractivity contribution >= 4 is 0 Å². The van der Waals surface area contributed by atoms with Crippen LogP contribution in [0.1, 0.15) is 28.4 Å². The molecule has 1 aromatic carbocycles. The topological polar surface area (TPSA) is 33.4 Å². The Morgan fingerprint density at radius 3 is 2.31 bits per heavy atom. The molecular formula is C13H13FO2. The summed E-state index contributed by atoms with van der Waals surface area (Å²) in [4.78, 5) is 0. The van der Waals surface area contributed by atoms with Crippen molar-refractivity contribution in [2.45, 2.75) is 20.0 Å². The largest absolute Gasteiger partial charge is 0.472 e. The Bertz CT molecular complexity index is 466. The zero-order chi connectivity index (χ0) is 11.7. The Morgan fingerprint density at radius 1 is 1.19 bits per heavy atom. The van der Waals surface area contributed by atoms with Crippen molar-refractivity contribution in [2.75, 3.05) is 0 Å². The predicted molar refractivity (Wildman–Crippen MR) is 58.6 cm³/mol. The van der Waals surface area contributed by atoms with Crippen molar-refractivity contribution in [3.63, 3.8) is 0 Å². The van der Waals surface area contributed by atoms with Gasteiger partial charge in [0, 0.05) is 5.56 Å². The normalized spacial score (nSPS) is 12.8. The molecule has 1 aromatic heterocycles. The summed E-state index contributed by atoms with van der Waals surface area (Å²) in [7, 11) is 0. The molecule has 0 bridgehead atoms. The van der Waals surface area contributed by atoms with E-state index in [4.69, 9.17) is 4.42 Å². The van der Waals surface area contributed by atoms with E-state index in [1.165, 1.54) is 12.5 Å². The third-order valence-electron chi connectivity index (χ3n) is 2.63. The van der Waals surface area contributed by atoms with Gasteiger partial charge < -0.3 is 9.52 Å². The molecule has 2 nitrogen and oxygen atoms in total. The number of aryl methyl sites for hydroxylation is 2. The molecule has 0 saturated heterocycles. The molecule has 84 valence electrons. The van der Waals surface area contributed by atoms with Crippen LogP contribution in [0.3, 0.4) is 0 Å². The molecule has 1 heterocycles. The van der Waals surface area contributed by atoms with Crippen LogP contribution in [0.2, 0.25) is 0 Å². The quantitative estimate of drug-likeness (QED) is 0.843. The molecule has 1 unspecified atom stereocenters. The predicted octanol–water partition coefficient (Wildman–Crippen LogP) is 3.12. The van der Waals surface area contributed by atoms with Gasteiger partial charge in [0.15, 0.2) is 0 Å². The Kier molecular flexibility index (Phi) is 2.79. The van der Waals surface area contributed by atoms with Gasteiger partial charge in [0.05, 0.1) is 12.5 Å². The number of aliphatic hydroxyl groups excluding tert-OH is 1. The van der Waals surface area contributed by atoms with E-state index in [9.17, 15) is 9.50 Å². The highest BCUT2D eigenvalue weighted by Crippen LogP contribution is 2.25. The van der Waals surface area contributed by atoms with Gasteiger partial charge >= 0.3 is 0 Å². The van der Waals surface area contributed by atoms with Gasteiger partial charge in [-0.25, -0.2) is 4.39 Å². The highest BCUT2D eigenvalue weighted by molar-refractivity contribution is 5.35. The van der Waals surface area contributed by atoms with Gasteiger partial charge in [0.2, 0.25) is 0 Å². The van der Waals surface area contributed by atoms with Crippen molar-refractivity contribution in [1.82, 2.24) is 0 Å². The van der Waals surface area contributed by atoms with Crippen molar-refractivity contribution in [3.8, 4) is 0 Å². The third kappa shape index (κ3) is 1.86. The summed E-state index contributed by atoms with van der Waals surface area (Å²) in [5.41, 5.74) is 2.43. The van der Waals surface area contributed by atoms with Gasteiger partial charge in [-0.3, -0.25) is 0 Å². The van der Waals surface area contributed by atoms with Gasteiger partial charge in [0.25, 0.3) is 0 Å². The SMILES string of the molecule is Cc1cc(C(O)c2ccoc2)cc(C)c1F. The molecule has 0 aliphatic heterocycles. The summed E-state index contributed by atoms with van der Waals surface area (Å²) in [6.07, 6.45) is 2.22. The van der Waals surface area contributed by atoms with E-state index in [0.29, 0.717) is 22.3 Å². The first-order chi connectivity index (χ1) is 7.59. The number of hydrogen-bond donors (Lipinski definition) is 1. The second-order valence-electron chi connectivity index (χ2n) is 3.93. The maximum Gasteiger partial charge on any atom is 0.129 e. The maximum atomic E-state index is 13.4. The van der Waals surface area contributed by atoms with Crippen molar-refractivity contribution in [1.29, 1.82) is 0 Å². The molecule has 0 aliphatic carbocycles. The van der Waals surface area contributed by atoms with E-state index in [1.54, 1.807) is 32.0 Å². The molecule has 2 rings (SSSR count). The van der Waals surface area contributed by atoms with E-state index in [2.05, 4.69) is 0 Å². The van der Waals surface area contributed by atoms with E-state index in [-0.39, 0.29) is 5.82 Å². The van der Waals surface area contributed by atoms with Crippen LogP contribution >= 0.6 is 0 Å². The van der Waals surface area contributed by atoms with Crippen LogP contribution in [0, 0.1) is 19.7 Å². The van der Waals surface area contributed by atoms with Crippen LogP contribution in [0.25, 0.3) is 0 Å². The molecule has 1 atom stereocenters. The molecular weight excluding hydrogens is 207 g/mol. The second kappa shape index (κ2) is 4.10. The summed E-state index contributed by atoms with van der Waals surface area (Å²) >= 11 is 0. The van der Waals surface area contributed by atoms with Crippen LogP contribution in [-0.2, 0) is 0 Å². The summed E-state index contributed by atoms with van der Waals surface area (Å²) in [5, 5.41) is 10.0. The van der Waals surface area contributed by atoms with Gasteiger partial charge in [-0.2, -0.15) is 0 Å². The van der Waals surface area contributed by atoms with Gasteiger partial charge in [-0.1, -0.05) is 12.1 Å². The first kappa shape index (κ1) is 10.9. The lowest BCUT2D eigenvalue weighted by Crippen LogP contribution is -2.01. The fourth-order valence-corrected chi connectivity index (χ4v) is 1.76. The number of halogens is 1. The maximum absolute atomic E-state index is 13.4. The number of hydrogen-bond acceptors (Lipinski definition) is 2. The molecule has 0 fully saturated rings. The number of aliphatic hydroxyl groups is 1. The average Bonchev–Trinajstić information content (AvgIpc) is 2.77. The lowest BCUT2D eigenvalue weighted by Gasteiger charge is -2.11. The van der Waals surface area contributed by atoms with Crippen LogP contribution in [0.5, 0.6) is 0 Å². The monoisotopic (exact) mass is 220 g/mol. The van der Waals surface area contributed by atoms with Crippen molar-refractivity contribution < 1.29 is 13.9 Å². The van der Waals surface area contributed by atoms with Crippen LogP contribution in [0.15, 0.2) is 35.1 Å². The Labute approximate surface area is 93.3 Å². The molecule has 0 saturated carbocycles. The van der Waals surface area contributed by atoms with E-state index in [0.717, 1.165) is 0 Å². The second-order valence-corrected chi connectivity index (χ2v) is 3.93. The molecule has 3 heteroatoms. The minimum absolute atomic E-state index is 0.219. The fourth-order valence-electron chi connectivity index (χ4n) is 1.76. The smallest absolute Gasteiger partial charge is 0.129 e. The number of benzene rings is 1. The van der Waals surface area contributed by atoms with Gasteiger partial charge in [-0.05, 0) is 36.6 Å². The fraction of sp³-hybridized carbons (Fsp3) is 0.231. The first-order valence-corrected chi connectivity index (χ1v) is 5.06. The summed E-state index contributed by atoms with van der Waals surface area (Å²) in [6.45, 7) is 3.38. The third-order valence-corrected chi connectivity index (χ3v) is 2.63. The molecule has 0 amide bonds. The molecule has 2 aromatic rings. The molecule has 16 heavy (non-hydrogen) atoms. The molecule has 0 spiro atoms. The van der Waals surface area contributed by atoms with Crippen LogP contribution in [-0.4, -0.2) is 5.11 Å². The lowest BCUT2D eigenvalue weighted by atomic mass is 9.99. The highest BCUT2D eigenvalue weighted by atomic mass is 19.1. The minimum atomic E-state index is -0.767. The average molecular weight is 220 g/mol. The van der Waals surface area contributed by atoms with E-state index >= 15 is 0 Å². The van der Waals surface area contributed by atoms with Gasteiger partial charge in [0.1, 0.15) is 11.9 Å². The summed E-state index contributed by atoms with van der Waals surface area (Å²) in [5.74, 6) is -0.219. The molecule has 0 aliphatic rings. The first-order valence-electron chi connectivity index (χ1n) is 5.06. The Hall–Kier alpha value is -1.61. The van der Waals surface area contributed by atoms with Gasteiger partial charge in [-0.15, -0.1) is 0 Å². The van der Waals surface area contributed by atoms with Crippen molar-refractivity contribution in [2.24, 2.45) is 0 Å². The zero-order valence-corrected chi connectivity index (χ0v) is 9.20. The highest BCUT2D eigenvalue weighted by Gasteiger charge is 2.14.